The van der Waals surface area contributed by atoms with Gasteiger partial charge in [0.1, 0.15) is 0 Å². The molecule has 2 rings (SSSR count). The zero-order valence-corrected chi connectivity index (χ0v) is 13.1. The molecule has 1 unspecified atom stereocenters. The van der Waals surface area contributed by atoms with Crippen molar-refractivity contribution in [3.05, 3.63) is 29.8 Å². The van der Waals surface area contributed by atoms with Crippen LogP contribution in [0.5, 0.6) is 0 Å². The summed E-state index contributed by atoms with van der Waals surface area (Å²) in [4.78, 5) is 2.50. The summed E-state index contributed by atoms with van der Waals surface area (Å²) < 4.78 is 5.02. The first-order valence-electron chi connectivity index (χ1n) is 8.01. The molecular formula is C17H28N2O2. The number of anilines is 1. The second-order valence-corrected chi connectivity index (χ2v) is 5.69. The first kappa shape index (κ1) is 16.3. The van der Waals surface area contributed by atoms with Crippen molar-refractivity contribution < 1.29 is 9.84 Å². The van der Waals surface area contributed by atoms with Gasteiger partial charge in [0.2, 0.25) is 0 Å². The summed E-state index contributed by atoms with van der Waals surface area (Å²) in [5, 5.41) is 12.4. The van der Waals surface area contributed by atoms with Crippen LogP contribution in [0.2, 0.25) is 0 Å². The van der Waals surface area contributed by atoms with E-state index in [2.05, 4.69) is 34.5 Å². The molecule has 1 fully saturated rings. The van der Waals surface area contributed by atoms with E-state index in [9.17, 15) is 0 Å². The number of ether oxygens (including phenoxy) is 1. The van der Waals surface area contributed by atoms with Crippen LogP contribution in [-0.2, 0) is 11.3 Å². The molecule has 0 bridgehead atoms. The number of methoxy groups -OCH3 is 1. The maximum absolute atomic E-state index is 9.01. The van der Waals surface area contributed by atoms with Crippen LogP contribution in [0.3, 0.4) is 0 Å². The Balaban J connectivity index is 1.85. The van der Waals surface area contributed by atoms with E-state index in [0.717, 1.165) is 39.1 Å². The lowest BCUT2D eigenvalue weighted by atomic mass is 10.1. The average Bonchev–Trinajstić information content (AvgIpc) is 2.98. The average molecular weight is 292 g/mol. The molecular weight excluding hydrogens is 264 g/mol. The third-order valence-corrected chi connectivity index (χ3v) is 4.15. The van der Waals surface area contributed by atoms with Crippen molar-refractivity contribution in [3.8, 4) is 0 Å². The van der Waals surface area contributed by atoms with Gasteiger partial charge in [-0.2, -0.15) is 0 Å². The minimum atomic E-state index is 0.302. The van der Waals surface area contributed by atoms with Gasteiger partial charge in [0.05, 0.1) is 6.61 Å². The summed E-state index contributed by atoms with van der Waals surface area (Å²) in [5.74, 6) is 0. The van der Waals surface area contributed by atoms with Crippen molar-refractivity contribution in [3.63, 3.8) is 0 Å². The fourth-order valence-corrected chi connectivity index (χ4v) is 3.01. The van der Waals surface area contributed by atoms with E-state index in [1.165, 1.54) is 24.1 Å². The first-order chi connectivity index (χ1) is 10.3. The number of hydrogen-bond acceptors (Lipinski definition) is 4. The largest absolute Gasteiger partial charge is 0.396 e. The Bertz CT molecular complexity index is 394. The molecule has 1 aromatic carbocycles. The Morgan fingerprint density at radius 2 is 2.14 bits per heavy atom. The first-order valence-corrected chi connectivity index (χ1v) is 8.01. The van der Waals surface area contributed by atoms with E-state index in [0.29, 0.717) is 12.6 Å². The molecule has 1 aliphatic rings. The minimum absolute atomic E-state index is 0.302. The Morgan fingerprint density at radius 1 is 1.33 bits per heavy atom. The predicted molar refractivity (Wildman–Crippen MR) is 86.7 cm³/mol. The van der Waals surface area contributed by atoms with Crippen LogP contribution in [0.15, 0.2) is 24.3 Å². The summed E-state index contributed by atoms with van der Waals surface area (Å²) in [6, 6.07) is 9.46. The third kappa shape index (κ3) is 4.99. The number of benzene rings is 1. The van der Waals surface area contributed by atoms with Crippen LogP contribution in [-0.4, -0.2) is 44.6 Å². The van der Waals surface area contributed by atoms with Gasteiger partial charge in [-0.25, -0.2) is 0 Å². The highest BCUT2D eigenvalue weighted by atomic mass is 16.5. The van der Waals surface area contributed by atoms with E-state index >= 15 is 0 Å². The minimum Gasteiger partial charge on any atom is -0.396 e. The highest BCUT2D eigenvalue weighted by Gasteiger charge is 2.23. The molecule has 1 aliphatic heterocycles. The molecule has 2 N–H and O–H groups in total. The maximum Gasteiger partial charge on any atom is 0.0587 e. The van der Waals surface area contributed by atoms with Crippen LogP contribution in [0.4, 0.5) is 5.69 Å². The number of nitrogens with one attached hydrogen (secondary N) is 1. The Hall–Kier alpha value is -1.10. The van der Waals surface area contributed by atoms with E-state index in [-0.39, 0.29) is 0 Å². The lowest BCUT2D eigenvalue weighted by Crippen LogP contribution is -2.29. The second kappa shape index (κ2) is 9.03. The van der Waals surface area contributed by atoms with E-state index in [4.69, 9.17) is 9.84 Å². The summed E-state index contributed by atoms with van der Waals surface area (Å²) >= 11 is 0. The molecule has 0 radical (unpaired) electrons. The SMILES string of the molecule is COCCNCc1ccc(N2CCCC2CCCO)cc1. The molecule has 4 heteroatoms. The van der Waals surface area contributed by atoms with Crippen LogP contribution < -0.4 is 10.2 Å². The number of hydrogen-bond donors (Lipinski definition) is 2. The highest BCUT2D eigenvalue weighted by Crippen LogP contribution is 2.28. The Morgan fingerprint density at radius 3 is 2.86 bits per heavy atom. The molecule has 0 amide bonds. The van der Waals surface area contributed by atoms with E-state index in [1.807, 2.05) is 0 Å². The van der Waals surface area contributed by atoms with Gasteiger partial charge < -0.3 is 20.1 Å². The van der Waals surface area contributed by atoms with Crippen molar-refractivity contribution in [2.75, 3.05) is 38.3 Å². The summed E-state index contributed by atoms with van der Waals surface area (Å²) in [5.41, 5.74) is 2.62. The van der Waals surface area contributed by atoms with Crippen LogP contribution in [0.25, 0.3) is 0 Å². The van der Waals surface area contributed by atoms with Crippen molar-refractivity contribution in [2.24, 2.45) is 0 Å². The topological polar surface area (TPSA) is 44.7 Å². The lowest BCUT2D eigenvalue weighted by molar-refractivity contribution is 0.199. The molecule has 0 spiro atoms. The molecule has 21 heavy (non-hydrogen) atoms. The normalized spacial score (nSPS) is 18.4. The molecule has 1 aromatic rings. The Kier molecular flexibility index (Phi) is 7.00. The molecule has 0 saturated carbocycles. The van der Waals surface area contributed by atoms with Gasteiger partial charge in [0.25, 0.3) is 0 Å². The number of nitrogens with zero attached hydrogens (tertiary/aromatic N) is 1. The molecule has 1 atom stereocenters. The smallest absolute Gasteiger partial charge is 0.0587 e. The number of aliphatic hydroxyl groups is 1. The van der Waals surface area contributed by atoms with Crippen molar-refractivity contribution in [1.82, 2.24) is 5.32 Å². The standard InChI is InChI=1S/C17H28N2O2/c1-21-13-10-18-14-15-6-8-17(9-7-15)19-11-2-4-16(19)5-3-12-20/h6-9,16,18,20H,2-5,10-14H2,1H3. The van der Waals surface area contributed by atoms with Crippen LogP contribution in [0, 0.1) is 0 Å². The van der Waals surface area contributed by atoms with Crippen molar-refractivity contribution in [2.45, 2.75) is 38.3 Å². The molecule has 118 valence electrons. The summed E-state index contributed by atoms with van der Waals surface area (Å²) in [6.07, 6.45) is 4.51. The highest BCUT2D eigenvalue weighted by molar-refractivity contribution is 5.49. The zero-order chi connectivity index (χ0) is 14.9. The van der Waals surface area contributed by atoms with Gasteiger partial charge in [-0.1, -0.05) is 12.1 Å². The van der Waals surface area contributed by atoms with Crippen LogP contribution in [0.1, 0.15) is 31.2 Å². The Labute approximate surface area is 128 Å². The third-order valence-electron chi connectivity index (χ3n) is 4.15. The number of aliphatic hydroxyl groups excluding tert-OH is 1. The second-order valence-electron chi connectivity index (χ2n) is 5.69. The zero-order valence-electron chi connectivity index (χ0n) is 13.1. The van der Waals surface area contributed by atoms with Gasteiger partial charge >= 0.3 is 0 Å². The van der Waals surface area contributed by atoms with Crippen LogP contribution >= 0.6 is 0 Å². The van der Waals surface area contributed by atoms with Gasteiger partial charge in [0.15, 0.2) is 0 Å². The lowest BCUT2D eigenvalue weighted by Gasteiger charge is -2.27. The summed E-state index contributed by atoms with van der Waals surface area (Å²) in [6.45, 7) is 3.96. The van der Waals surface area contributed by atoms with Gasteiger partial charge in [-0.05, 0) is 43.4 Å². The fraction of sp³-hybridized carbons (Fsp3) is 0.647. The van der Waals surface area contributed by atoms with Crippen molar-refractivity contribution in [1.29, 1.82) is 0 Å². The van der Waals surface area contributed by atoms with Gasteiger partial charge in [-0.15, -0.1) is 0 Å². The summed E-state index contributed by atoms with van der Waals surface area (Å²) in [7, 11) is 1.72. The maximum atomic E-state index is 9.01. The van der Waals surface area contributed by atoms with Gasteiger partial charge in [-0.3, -0.25) is 0 Å². The molecule has 1 saturated heterocycles. The van der Waals surface area contributed by atoms with Crippen molar-refractivity contribution >= 4 is 5.69 Å². The van der Waals surface area contributed by atoms with Gasteiger partial charge in [0, 0.05) is 45.1 Å². The van der Waals surface area contributed by atoms with E-state index in [1.54, 1.807) is 7.11 Å². The molecule has 4 nitrogen and oxygen atoms in total. The molecule has 0 aliphatic carbocycles. The number of rotatable bonds is 9. The predicted octanol–water partition coefficient (Wildman–Crippen LogP) is 2.16. The monoisotopic (exact) mass is 292 g/mol. The molecule has 0 aromatic heterocycles. The molecule has 1 heterocycles. The fourth-order valence-electron chi connectivity index (χ4n) is 3.01. The van der Waals surface area contributed by atoms with E-state index < -0.39 is 0 Å². The quantitative estimate of drug-likeness (QED) is 0.685.